The molecule has 0 unspecified atom stereocenters. The van der Waals surface area contributed by atoms with Crippen LogP contribution in [0.15, 0.2) is 18.2 Å². The molecule has 1 rings (SSSR count). The minimum absolute atomic E-state index is 0.0405. The fourth-order valence-electron chi connectivity index (χ4n) is 1.14. The Hall–Kier alpha value is -1.72. The number of halogens is 3. The van der Waals surface area contributed by atoms with Gasteiger partial charge in [-0.25, -0.2) is 0 Å². The lowest BCUT2D eigenvalue weighted by atomic mass is 10.1. The van der Waals surface area contributed by atoms with Crippen LogP contribution in [0.4, 0.5) is 24.5 Å². The molecule has 0 bridgehead atoms. The highest BCUT2D eigenvalue weighted by Crippen LogP contribution is 2.32. The van der Waals surface area contributed by atoms with Crippen LogP contribution in [0, 0.1) is 0 Å². The number of carbonyl (C=O) groups is 1. The minimum Gasteiger partial charge on any atom is -0.399 e. The Morgan fingerprint density at radius 1 is 1.38 bits per heavy atom. The molecule has 1 amide bonds. The SMILES string of the molecule is CCC(=O)Nc1cc(N)cc(C(F)(F)F)c1. The smallest absolute Gasteiger partial charge is 0.399 e. The topological polar surface area (TPSA) is 55.1 Å². The molecule has 16 heavy (non-hydrogen) atoms. The van der Waals surface area contributed by atoms with Crippen LogP contribution in [0.3, 0.4) is 0 Å². The van der Waals surface area contributed by atoms with E-state index in [4.69, 9.17) is 5.73 Å². The highest BCUT2D eigenvalue weighted by atomic mass is 19.4. The molecule has 0 aliphatic rings. The van der Waals surface area contributed by atoms with Gasteiger partial charge in [-0.05, 0) is 18.2 Å². The zero-order valence-corrected chi connectivity index (χ0v) is 8.56. The van der Waals surface area contributed by atoms with E-state index in [0.29, 0.717) is 0 Å². The van der Waals surface area contributed by atoms with Crippen LogP contribution in [0.2, 0.25) is 0 Å². The van der Waals surface area contributed by atoms with Crippen molar-refractivity contribution in [1.29, 1.82) is 0 Å². The fraction of sp³-hybridized carbons (Fsp3) is 0.300. The van der Waals surface area contributed by atoms with Crippen LogP contribution in [0.5, 0.6) is 0 Å². The van der Waals surface area contributed by atoms with Gasteiger partial charge in [-0.15, -0.1) is 0 Å². The van der Waals surface area contributed by atoms with Crippen LogP contribution in [-0.4, -0.2) is 5.91 Å². The summed E-state index contributed by atoms with van der Waals surface area (Å²) < 4.78 is 37.2. The van der Waals surface area contributed by atoms with E-state index in [9.17, 15) is 18.0 Å². The number of amides is 1. The zero-order chi connectivity index (χ0) is 12.3. The molecule has 88 valence electrons. The molecule has 3 N–H and O–H groups in total. The van der Waals surface area contributed by atoms with Gasteiger partial charge >= 0.3 is 6.18 Å². The first-order valence-electron chi connectivity index (χ1n) is 4.60. The number of carbonyl (C=O) groups excluding carboxylic acids is 1. The van der Waals surface area contributed by atoms with Crippen LogP contribution in [0.1, 0.15) is 18.9 Å². The molecule has 1 aromatic carbocycles. The normalized spacial score (nSPS) is 11.2. The lowest BCUT2D eigenvalue weighted by Crippen LogP contribution is -2.12. The zero-order valence-electron chi connectivity index (χ0n) is 8.56. The van der Waals surface area contributed by atoms with Gasteiger partial charge in [-0.2, -0.15) is 13.2 Å². The van der Waals surface area contributed by atoms with Crippen molar-refractivity contribution in [2.75, 3.05) is 11.1 Å². The molecule has 0 radical (unpaired) electrons. The van der Waals surface area contributed by atoms with Gasteiger partial charge in [0, 0.05) is 17.8 Å². The van der Waals surface area contributed by atoms with Gasteiger partial charge in [0.2, 0.25) is 5.91 Å². The van der Waals surface area contributed by atoms with Gasteiger partial charge in [0.05, 0.1) is 5.56 Å². The average molecular weight is 232 g/mol. The van der Waals surface area contributed by atoms with Crippen molar-refractivity contribution >= 4 is 17.3 Å². The third kappa shape index (κ3) is 3.15. The predicted octanol–water partition coefficient (Wildman–Crippen LogP) is 2.64. The molecule has 0 fully saturated rings. The van der Waals surface area contributed by atoms with Crippen molar-refractivity contribution < 1.29 is 18.0 Å². The number of nitrogen functional groups attached to an aromatic ring is 1. The second-order valence-electron chi connectivity index (χ2n) is 3.24. The third-order valence-electron chi connectivity index (χ3n) is 1.89. The van der Waals surface area contributed by atoms with Crippen molar-refractivity contribution in [1.82, 2.24) is 0 Å². The van der Waals surface area contributed by atoms with Crippen LogP contribution in [0.25, 0.3) is 0 Å². The van der Waals surface area contributed by atoms with E-state index < -0.39 is 11.7 Å². The Labute approximate surface area is 90.4 Å². The van der Waals surface area contributed by atoms with E-state index in [1.165, 1.54) is 6.07 Å². The van der Waals surface area contributed by atoms with E-state index in [1.54, 1.807) is 6.92 Å². The van der Waals surface area contributed by atoms with Crippen molar-refractivity contribution in [2.45, 2.75) is 19.5 Å². The summed E-state index contributed by atoms with van der Waals surface area (Å²) in [5.41, 5.74) is 4.46. The maximum Gasteiger partial charge on any atom is 0.416 e. The number of rotatable bonds is 2. The Bertz CT molecular complexity index is 402. The molecule has 0 aliphatic heterocycles. The number of benzene rings is 1. The average Bonchev–Trinajstić information content (AvgIpc) is 2.15. The van der Waals surface area contributed by atoms with E-state index in [2.05, 4.69) is 5.32 Å². The van der Waals surface area contributed by atoms with E-state index >= 15 is 0 Å². The minimum atomic E-state index is -4.47. The molecule has 0 heterocycles. The second kappa shape index (κ2) is 4.42. The monoisotopic (exact) mass is 232 g/mol. The Morgan fingerprint density at radius 2 is 2.00 bits per heavy atom. The lowest BCUT2D eigenvalue weighted by Gasteiger charge is -2.10. The fourth-order valence-corrected chi connectivity index (χ4v) is 1.14. The van der Waals surface area contributed by atoms with Crippen LogP contribution in [-0.2, 0) is 11.0 Å². The van der Waals surface area contributed by atoms with Gasteiger partial charge in [0.1, 0.15) is 0 Å². The van der Waals surface area contributed by atoms with Gasteiger partial charge in [0.25, 0.3) is 0 Å². The predicted molar refractivity (Wildman–Crippen MR) is 54.8 cm³/mol. The quantitative estimate of drug-likeness (QED) is 0.770. The number of alkyl halides is 3. The molecule has 0 saturated heterocycles. The summed E-state index contributed by atoms with van der Waals surface area (Å²) in [6.45, 7) is 1.60. The molecule has 0 aromatic heterocycles. The molecule has 0 saturated carbocycles. The number of anilines is 2. The summed E-state index contributed by atoms with van der Waals surface area (Å²) in [4.78, 5) is 11.0. The van der Waals surface area contributed by atoms with Gasteiger partial charge in [-0.3, -0.25) is 4.79 Å². The van der Waals surface area contributed by atoms with E-state index in [1.807, 2.05) is 0 Å². The standard InChI is InChI=1S/C10H11F3N2O/c1-2-9(16)15-8-4-6(10(11,12)13)3-7(14)5-8/h3-5H,2,14H2,1H3,(H,15,16). The molecule has 3 nitrogen and oxygen atoms in total. The highest BCUT2D eigenvalue weighted by Gasteiger charge is 2.31. The molecule has 1 aromatic rings. The van der Waals surface area contributed by atoms with Gasteiger partial charge in [0.15, 0.2) is 0 Å². The maximum atomic E-state index is 12.4. The Morgan fingerprint density at radius 3 is 2.50 bits per heavy atom. The first-order valence-corrected chi connectivity index (χ1v) is 4.60. The first-order chi connectivity index (χ1) is 7.32. The van der Waals surface area contributed by atoms with E-state index in [0.717, 1.165) is 12.1 Å². The number of hydrogen-bond donors (Lipinski definition) is 2. The summed E-state index contributed by atoms with van der Waals surface area (Å²) in [6.07, 6.45) is -4.28. The summed E-state index contributed by atoms with van der Waals surface area (Å²) in [6, 6.07) is 2.95. The molecule has 0 atom stereocenters. The number of nitrogens with one attached hydrogen (secondary N) is 1. The summed E-state index contributed by atoms with van der Waals surface area (Å²) >= 11 is 0. The number of hydrogen-bond acceptors (Lipinski definition) is 2. The molecule has 6 heteroatoms. The Balaban J connectivity index is 3.04. The molecule has 0 spiro atoms. The second-order valence-corrected chi connectivity index (χ2v) is 3.24. The summed E-state index contributed by atoms with van der Waals surface area (Å²) in [5, 5.41) is 2.33. The van der Waals surface area contributed by atoms with Crippen molar-refractivity contribution in [2.24, 2.45) is 0 Å². The lowest BCUT2D eigenvalue weighted by molar-refractivity contribution is -0.137. The molecular weight excluding hydrogens is 221 g/mol. The van der Waals surface area contributed by atoms with Crippen molar-refractivity contribution in [3.05, 3.63) is 23.8 Å². The van der Waals surface area contributed by atoms with Gasteiger partial charge < -0.3 is 11.1 Å². The van der Waals surface area contributed by atoms with Crippen LogP contribution >= 0.6 is 0 Å². The maximum absolute atomic E-state index is 12.4. The highest BCUT2D eigenvalue weighted by molar-refractivity contribution is 5.91. The summed E-state index contributed by atoms with van der Waals surface area (Å²) in [7, 11) is 0. The van der Waals surface area contributed by atoms with E-state index in [-0.39, 0.29) is 23.7 Å². The largest absolute Gasteiger partial charge is 0.416 e. The molecular formula is C10H11F3N2O. The number of nitrogens with two attached hydrogens (primary N) is 1. The first kappa shape index (κ1) is 12.4. The summed E-state index contributed by atoms with van der Waals surface area (Å²) in [5.74, 6) is -0.362. The van der Waals surface area contributed by atoms with Crippen LogP contribution < -0.4 is 11.1 Å². The third-order valence-corrected chi connectivity index (χ3v) is 1.89. The molecule has 0 aliphatic carbocycles. The van der Waals surface area contributed by atoms with Crippen molar-refractivity contribution in [3.8, 4) is 0 Å². The Kier molecular flexibility index (Phi) is 3.41. The van der Waals surface area contributed by atoms with Gasteiger partial charge in [-0.1, -0.05) is 6.92 Å². The van der Waals surface area contributed by atoms with Crippen molar-refractivity contribution in [3.63, 3.8) is 0 Å².